The third kappa shape index (κ3) is 6.28. The number of benzene rings is 1. The number of amides is 4. The van der Waals surface area contributed by atoms with E-state index in [9.17, 15) is 19.2 Å². The van der Waals surface area contributed by atoms with Crippen LogP contribution < -0.4 is 20.9 Å². The minimum atomic E-state index is -0.953. The molecule has 1 unspecified atom stereocenters. The Kier molecular flexibility index (Phi) is 8.83. The number of nitrogens with zero attached hydrogens (tertiary/aromatic N) is 3. The number of unbranched alkanes of at least 4 members (excludes halogenated alkanes) is 1. The molecule has 0 saturated heterocycles. The molecule has 0 bridgehead atoms. The molecular weight excluding hydrogens is 556 g/mol. The van der Waals surface area contributed by atoms with E-state index in [-0.39, 0.29) is 23.8 Å². The molecule has 1 aliphatic heterocycles. The number of thiophene rings is 1. The second-order valence-corrected chi connectivity index (χ2v) is 10.4. The number of aromatic nitrogens is 2. The van der Waals surface area contributed by atoms with E-state index in [0.29, 0.717) is 46.8 Å². The Morgan fingerprint density at radius 3 is 2.62 bits per heavy atom. The fourth-order valence-electron chi connectivity index (χ4n) is 4.52. The third-order valence-corrected chi connectivity index (χ3v) is 7.65. The average molecular weight is 585 g/mol. The molecular formula is C30H28N6O5S. The van der Waals surface area contributed by atoms with E-state index >= 15 is 0 Å². The van der Waals surface area contributed by atoms with Crippen LogP contribution in [-0.2, 0) is 20.9 Å². The lowest BCUT2D eigenvalue weighted by Crippen LogP contribution is -2.42. The van der Waals surface area contributed by atoms with Gasteiger partial charge in [-0.15, -0.1) is 11.3 Å². The zero-order valence-corrected chi connectivity index (χ0v) is 23.4. The molecule has 42 heavy (non-hydrogen) atoms. The quantitative estimate of drug-likeness (QED) is 0.125. The predicted molar refractivity (Wildman–Crippen MR) is 160 cm³/mol. The van der Waals surface area contributed by atoms with Crippen LogP contribution in [0.25, 0.3) is 10.2 Å². The van der Waals surface area contributed by atoms with Gasteiger partial charge in [0.2, 0.25) is 5.91 Å². The number of carbonyl (C=O) groups is 4. The highest BCUT2D eigenvalue weighted by Crippen LogP contribution is 2.45. The lowest BCUT2D eigenvalue weighted by Gasteiger charge is -2.27. The van der Waals surface area contributed by atoms with Crippen LogP contribution in [0.3, 0.4) is 0 Å². The SMILES string of the molecule is C=CC(=O)NCCCCC(NC(=O)c1sc2nccc3c2c1NC(=O)N3c1ccccn1)C(=O)OCc1ccccc1. The highest BCUT2D eigenvalue weighted by Gasteiger charge is 2.34. The first-order valence-electron chi connectivity index (χ1n) is 13.3. The monoisotopic (exact) mass is 584 g/mol. The zero-order chi connectivity index (χ0) is 29.5. The van der Waals surface area contributed by atoms with E-state index in [1.807, 2.05) is 30.3 Å². The van der Waals surface area contributed by atoms with Gasteiger partial charge in [-0.2, -0.15) is 0 Å². The van der Waals surface area contributed by atoms with E-state index in [1.165, 1.54) is 11.0 Å². The summed E-state index contributed by atoms with van der Waals surface area (Å²) < 4.78 is 5.54. The number of nitrogens with one attached hydrogen (secondary N) is 3. The van der Waals surface area contributed by atoms with E-state index in [4.69, 9.17) is 4.74 Å². The van der Waals surface area contributed by atoms with E-state index in [0.717, 1.165) is 16.9 Å². The van der Waals surface area contributed by atoms with Crippen LogP contribution in [0.4, 0.5) is 22.0 Å². The smallest absolute Gasteiger partial charge is 0.332 e. The maximum Gasteiger partial charge on any atom is 0.332 e. The Morgan fingerprint density at radius 2 is 1.86 bits per heavy atom. The summed E-state index contributed by atoms with van der Waals surface area (Å²) in [5.74, 6) is -0.971. The van der Waals surface area contributed by atoms with Crippen molar-refractivity contribution in [1.29, 1.82) is 0 Å². The summed E-state index contributed by atoms with van der Waals surface area (Å²) in [5, 5.41) is 8.93. The minimum Gasteiger partial charge on any atom is -0.459 e. The molecule has 4 amide bonds. The predicted octanol–water partition coefficient (Wildman–Crippen LogP) is 4.69. The van der Waals surface area contributed by atoms with Crippen LogP contribution in [0.5, 0.6) is 0 Å². The van der Waals surface area contributed by atoms with Gasteiger partial charge in [0.25, 0.3) is 5.91 Å². The Labute approximate surface area is 245 Å². The molecule has 4 aromatic rings. The molecule has 11 nitrogen and oxygen atoms in total. The molecule has 5 rings (SSSR count). The van der Waals surface area contributed by atoms with Crippen molar-refractivity contribution in [1.82, 2.24) is 20.6 Å². The summed E-state index contributed by atoms with van der Waals surface area (Å²) in [6.45, 7) is 3.88. The van der Waals surface area contributed by atoms with Crippen LogP contribution in [0, 0.1) is 0 Å². The standard InChI is InChI=1S/C30H28N6O5S/c1-2-23(37)32-16-8-6-12-20(29(39)41-18-19-10-4-3-5-11-19)34-27(38)26-25-24-21(14-17-33-28(24)42-26)36(30(40)35-25)22-13-7-9-15-31-22/h2-5,7,9-11,13-15,17,20H,1,6,8,12,16,18H2,(H,32,37)(H,34,38)(H,35,40). The van der Waals surface area contributed by atoms with Gasteiger partial charge in [-0.05, 0) is 49.1 Å². The number of pyridine rings is 2. The number of carbonyl (C=O) groups excluding carboxylic acids is 4. The lowest BCUT2D eigenvalue weighted by atomic mass is 10.1. The van der Waals surface area contributed by atoms with Gasteiger partial charge in [-0.1, -0.05) is 43.0 Å². The normalized spacial score (nSPS) is 12.8. The number of esters is 1. The summed E-state index contributed by atoms with van der Waals surface area (Å²) >= 11 is 1.12. The van der Waals surface area contributed by atoms with Crippen LogP contribution in [0.15, 0.2) is 79.6 Å². The maximum absolute atomic E-state index is 13.6. The summed E-state index contributed by atoms with van der Waals surface area (Å²) in [7, 11) is 0. The molecule has 0 radical (unpaired) electrons. The largest absolute Gasteiger partial charge is 0.459 e. The van der Waals surface area contributed by atoms with Crippen molar-refractivity contribution in [2.75, 3.05) is 16.8 Å². The number of ether oxygens (including phenoxy) is 1. The fraction of sp³-hybridized carbons (Fsp3) is 0.200. The zero-order valence-electron chi connectivity index (χ0n) is 22.5. The number of urea groups is 1. The Hall–Kier alpha value is -5.10. The van der Waals surface area contributed by atoms with Crippen molar-refractivity contribution in [3.63, 3.8) is 0 Å². The van der Waals surface area contributed by atoms with Gasteiger partial charge < -0.3 is 20.7 Å². The highest BCUT2D eigenvalue weighted by molar-refractivity contribution is 7.21. The molecule has 12 heteroatoms. The van der Waals surface area contributed by atoms with Crippen LogP contribution in [0.2, 0.25) is 0 Å². The molecule has 1 aliphatic rings. The summed E-state index contributed by atoms with van der Waals surface area (Å²) in [6.07, 6.45) is 5.75. The van der Waals surface area contributed by atoms with Gasteiger partial charge in [0, 0.05) is 18.9 Å². The molecule has 214 valence electrons. The number of rotatable bonds is 12. The second kappa shape index (κ2) is 13.0. The average Bonchev–Trinajstić information content (AvgIpc) is 3.39. The minimum absolute atomic E-state index is 0.0578. The van der Waals surface area contributed by atoms with Crippen LogP contribution in [-0.4, -0.2) is 46.4 Å². The molecule has 0 spiro atoms. The number of anilines is 3. The van der Waals surface area contributed by atoms with Crippen LogP contribution in [0.1, 0.15) is 34.5 Å². The number of hydrogen-bond acceptors (Lipinski definition) is 8. The van der Waals surface area contributed by atoms with E-state index in [2.05, 4.69) is 32.5 Å². The van der Waals surface area contributed by atoms with Gasteiger partial charge in [-0.25, -0.2) is 24.5 Å². The second-order valence-electron chi connectivity index (χ2n) is 9.38. The molecule has 3 aromatic heterocycles. The fourth-order valence-corrected chi connectivity index (χ4v) is 5.54. The van der Waals surface area contributed by atoms with Crippen molar-refractivity contribution < 1.29 is 23.9 Å². The first-order valence-corrected chi connectivity index (χ1v) is 14.1. The lowest BCUT2D eigenvalue weighted by molar-refractivity contribution is -0.147. The molecule has 0 aliphatic carbocycles. The van der Waals surface area contributed by atoms with Crippen molar-refractivity contribution in [3.8, 4) is 0 Å². The first-order chi connectivity index (χ1) is 20.5. The van der Waals surface area contributed by atoms with Gasteiger partial charge in [0.05, 0.1) is 16.8 Å². The summed E-state index contributed by atoms with van der Waals surface area (Å²) in [4.78, 5) is 62.3. The Bertz CT molecular complexity index is 1630. The first kappa shape index (κ1) is 28.4. The number of hydrogen-bond donors (Lipinski definition) is 3. The molecule has 1 atom stereocenters. The van der Waals surface area contributed by atoms with Crippen molar-refractivity contribution >= 4 is 62.6 Å². The van der Waals surface area contributed by atoms with Crippen molar-refractivity contribution in [3.05, 3.63) is 90.1 Å². The summed E-state index contributed by atoms with van der Waals surface area (Å²) in [5.41, 5.74) is 1.69. The molecule has 1 aromatic carbocycles. The molecule has 0 fully saturated rings. The third-order valence-electron chi connectivity index (χ3n) is 6.55. The molecule has 4 heterocycles. The van der Waals surface area contributed by atoms with Crippen LogP contribution >= 0.6 is 11.3 Å². The van der Waals surface area contributed by atoms with Gasteiger partial charge in [0.1, 0.15) is 28.2 Å². The van der Waals surface area contributed by atoms with Crippen molar-refractivity contribution in [2.24, 2.45) is 0 Å². The topological polar surface area (TPSA) is 143 Å². The maximum atomic E-state index is 13.6. The Balaban J connectivity index is 1.36. The van der Waals surface area contributed by atoms with Crippen molar-refractivity contribution in [2.45, 2.75) is 31.9 Å². The van der Waals surface area contributed by atoms with Gasteiger partial charge >= 0.3 is 12.0 Å². The molecule has 3 N–H and O–H groups in total. The summed E-state index contributed by atoms with van der Waals surface area (Å²) in [6, 6.07) is 14.8. The highest BCUT2D eigenvalue weighted by atomic mass is 32.1. The Morgan fingerprint density at radius 1 is 1.05 bits per heavy atom. The van der Waals surface area contributed by atoms with Gasteiger partial charge in [-0.3, -0.25) is 9.59 Å². The van der Waals surface area contributed by atoms with Gasteiger partial charge in [0.15, 0.2) is 0 Å². The van der Waals surface area contributed by atoms with E-state index in [1.54, 1.807) is 36.7 Å². The van der Waals surface area contributed by atoms with E-state index < -0.39 is 23.9 Å². The molecule has 0 saturated carbocycles.